The Morgan fingerprint density at radius 3 is 2.92 bits per heavy atom. The summed E-state index contributed by atoms with van der Waals surface area (Å²) in [5.74, 6) is 1.79. The zero-order valence-corrected chi connectivity index (χ0v) is 16.1. The molecule has 6 heteroatoms. The van der Waals surface area contributed by atoms with Gasteiger partial charge in [-0.3, -0.25) is 0 Å². The fraction of sp³-hybridized carbons (Fsp3) is 0.300. The van der Waals surface area contributed by atoms with Gasteiger partial charge in [-0.1, -0.05) is 32.9 Å². The Labute approximate surface area is 157 Å². The molecule has 0 atom stereocenters. The number of fused-ring (bicyclic) bond motifs is 1. The lowest BCUT2D eigenvalue weighted by molar-refractivity contribution is 0.590. The maximum Gasteiger partial charge on any atom is 0.164 e. The number of rotatable bonds is 3. The molecule has 2 aromatic heterocycles. The van der Waals surface area contributed by atoms with E-state index in [1.54, 1.807) is 0 Å². The van der Waals surface area contributed by atoms with Crippen LogP contribution in [0.25, 0.3) is 11.7 Å². The van der Waals surface area contributed by atoms with Crippen LogP contribution >= 0.6 is 11.8 Å². The molecule has 3 heterocycles. The van der Waals surface area contributed by atoms with Gasteiger partial charge in [0.25, 0.3) is 0 Å². The van der Waals surface area contributed by atoms with Crippen LogP contribution in [0.15, 0.2) is 47.6 Å². The highest BCUT2D eigenvalue weighted by Gasteiger charge is 2.14. The molecule has 1 fully saturated rings. The van der Waals surface area contributed by atoms with E-state index in [1.165, 1.54) is 10.5 Å². The second-order valence-corrected chi connectivity index (χ2v) is 8.56. The van der Waals surface area contributed by atoms with E-state index in [0.29, 0.717) is 0 Å². The van der Waals surface area contributed by atoms with Gasteiger partial charge in [0.05, 0.1) is 6.20 Å². The zero-order chi connectivity index (χ0) is 18.1. The van der Waals surface area contributed by atoms with Gasteiger partial charge in [-0.2, -0.15) is 5.10 Å². The van der Waals surface area contributed by atoms with Gasteiger partial charge in [0.1, 0.15) is 5.82 Å². The Morgan fingerprint density at radius 1 is 1.27 bits per heavy atom. The molecule has 0 saturated carbocycles. The first kappa shape index (κ1) is 17.1. The number of thioether (sulfide) groups is 1. The fourth-order valence-electron chi connectivity index (χ4n) is 2.90. The molecule has 0 unspecified atom stereocenters. The van der Waals surface area contributed by atoms with Gasteiger partial charge in [-0.15, -0.1) is 11.8 Å². The Kier molecular flexibility index (Phi) is 4.46. The molecule has 4 rings (SSSR count). The summed E-state index contributed by atoms with van der Waals surface area (Å²) in [6.07, 6.45) is 5.99. The minimum Gasteiger partial charge on any atom is -0.340 e. The standard InChI is InChI=1S/C20H23N5S/c1-20(2,3)15-5-4-6-16(10-15)23-18-7-8-25-19(24-18)14(11-22-25)9-17-12-21-13-26-17/h4-11,21H,12-13H2,1-3H3,(H,23,24). The maximum atomic E-state index is 4.78. The molecule has 1 aliphatic rings. The number of hydrogen-bond donors (Lipinski definition) is 2. The number of aromatic nitrogens is 3. The van der Waals surface area contributed by atoms with Crippen molar-refractivity contribution in [2.75, 3.05) is 17.7 Å². The Hall–Kier alpha value is -2.31. The normalized spacial score (nSPS) is 16.5. The number of anilines is 2. The highest BCUT2D eigenvalue weighted by Crippen LogP contribution is 2.27. The van der Waals surface area contributed by atoms with E-state index < -0.39 is 0 Å². The minimum absolute atomic E-state index is 0.118. The predicted molar refractivity (Wildman–Crippen MR) is 110 cm³/mol. The Balaban J connectivity index is 1.64. The van der Waals surface area contributed by atoms with Crippen LogP contribution in [0.4, 0.5) is 11.5 Å². The van der Waals surface area contributed by atoms with Crippen molar-refractivity contribution < 1.29 is 0 Å². The molecule has 0 radical (unpaired) electrons. The zero-order valence-electron chi connectivity index (χ0n) is 15.3. The van der Waals surface area contributed by atoms with E-state index >= 15 is 0 Å². The average Bonchev–Trinajstić information content (AvgIpc) is 3.25. The van der Waals surface area contributed by atoms with Crippen molar-refractivity contribution >= 4 is 35.0 Å². The molecular formula is C20H23N5S. The average molecular weight is 366 g/mol. The van der Waals surface area contributed by atoms with E-state index in [9.17, 15) is 0 Å². The van der Waals surface area contributed by atoms with Crippen LogP contribution in [0.3, 0.4) is 0 Å². The molecule has 26 heavy (non-hydrogen) atoms. The summed E-state index contributed by atoms with van der Waals surface area (Å²) in [4.78, 5) is 6.10. The van der Waals surface area contributed by atoms with Crippen molar-refractivity contribution in [2.45, 2.75) is 26.2 Å². The first-order valence-corrected chi connectivity index (χ1v) is 9.74. The van der Waals surface area contributed by atoms with Gasteiger partial charge in [-0.05, 0) is 35.3 Å². The predicted octanol–water partition coefficient (Wildman–Crippen LogP) is 4.41. The SMILES string of the molecule is CC(C)(C)c1cccc(Nc2ccn3ncc(C=C4CNCS4)c3n2)c1. The molecular weight excluding hydrogens is 342 g/mol. The first-order chi connectivity index (χ1) is 12.5. The van der Waals surface area contributed by atoms with Crippen LogP contribution in [0.5, 0.6) is 0 Å². The summed E-state index contributed by atoms with van der Waals surface area (Å²) in [7, 11) is 0. The largest absolute Gasteiger partial charge is 0.340 e. The molecule has 2 N–H and O–H groups in total. The topological polar surface area (TPSA) is 54.2 Å². The molecule has 0 spiro atoms. The summed E-state index contributed by atoms with van der Waals surface area (Å²) < 4.78 is 1.82. The lowest BCUT2D eigenvalue weighted by Gasteiger charge is -2.20. The lowest BCUT2D eigenvalue weighted by Crippen LogP contribution is -2.11. The third-order valence-corrected chi connectivity index (χ3v) is 5.35. The molecule has 134 valence electrons. The van der Waals surface area contributed by atoms with E-state index in [0.717, 1.165) is 35.1 Å². The second-order valence-electron chi connectivity index (χ2n) is 7.46. The summed E-state index contributed by atoms with van der Waals surface area (Å²) in [5, 5.41) is 11.2. The molecule has 5 nitrogen and oxygen atoms in total. The van der Waals surface area contributed by atoms with Gasteiger partial charge in [0.15, 0.2) is 5.65 Å². The van der Waals surface area contributed by atoms with Crippen LogP contribution in [-0.2, 0) is 5.41 Å². The van der Waals surface area contributed by atoms with Gasteiger partial charge in [0.2, 0.25) is 0 Å². The maximum absolute atomic E-state index is 4.78. The highest BCUT2D eigenvalue weighted by molar-refractivity contribution is 8.03. The smallest absolute Gasteiger partial charge is 0.164 e. The number of nitrogens with one attached hydrogen (secondary N) is 2. The molecule has 0 amide bonds. The van der Waals surface area contributed by atoms with Crippen molar-refractivity contribution in [1.82, 2.24) is 19.9 Å². The monoisotopic (exact) mass is 365 g/mol. The molecule has 0 bridgehead atoms. The molecule has 3 aromatic rings. The second kappa shape index (κ2) is 6.78. The van der Waals surface area contributed by atoms with Crippen molar-refractivity contribution in [3.63, 3.8) is 0 Å². The van der Waals surface area contributed by atoms with Crippen molar-refractivity contribution in [3.8, 4) is 0 Å². The van der Waals surface area contributed by atoms with Crippen LogP contribution in [0, 0.1) is 0 Å². The van der Waals surface area contributed by atoms with Gasteiger partial charge < -0.3 is 10.6 Å². The number of hydrogen-bond acceptors (Lipinski definition) is 5. The van der Waals surface area contributed by atoms with E-state index in [4.69, 9.17) is 4.98 Å². The van der Waals surface area contributed by atoms with E-state index in [-0.39, 0.29) is 5.41 Å². The van der Waals surface area contributed by atoms with E-state index in [1.807, 2.05) is 34.7 Å². The highest BCUT2D eigenvalue weighted by atomic mass is 32.2. The van der Waals surface area contributed by atoms with Gasteiger partial charge >= 0.3 is 0 Å². The summed E-state index contributed by atoms with van der Waals surface area (Å²) >= 11 is 1.83. The summed E-state index contributed by atoms with van der Waals surface area (Å²) in [5.41, 5.74) is 4.37. The number of nitrogens with zero attached hydrogens (tertiary/aromatic N) is 3. The van der Waals surface area contributed by atoms with Gasteiger partial charge in [-0.25, -0.2) is 9.50 Å². The van der Waals surface area contributed by atoms with Crippen LogP contribution < -0.4 is 10.6 Å². The third kappa shape index (κ3) is 3.61. The third-order valence-electron chi connectivity index (χ3n) is 4.37. The molecule has 0 aliphatic carbocycles. The molecule has 1 saturated heterocycles. The first-order valence-electron chi connectivity index (χ1n) is 8.75. The van der Waals surface area contributed by atoms with Crippen molar-refractivity contribution in [3.05, 3.63) is 58.8 Å². The summed E-state index contributed by atoms with van der Waals surface area (Å²) in [6, 6.07) is 10.5. The number of benzene rings is 1. The van der Waals surface area contributed by atoms with Crippen LogP contribution in [0.1, 0.15) is 31.9 Å². The lowest BCUT2D eigenvalue weighted by atomic mass is 9.87. The van der Waals surface area contributed by atoms with Crippen LogP contribution in [-0.4, -0.2) is 27.0 Å². The molecule has 1 aromatic carbocycles. The Morgan fingerprint density at radius 2 is 2.15 bits per heavy atom. The minimum atomic E-state index is 0.118. The van der Waals surface area contributed by atoms with Crippen LogP contribution in [0.2, 0.25) is 0 Å². The molecule has 1 aliphatic heterocycles. The van der Waals surface area contributed by atoms with Crippen molar-refractivity contribution in [2.24, 2.45) is 0 Å². The van der Waals surface area contributed by atoms with Gasteiger partial charge in [0, 0.05) is 34.8 Å². The quantitative estimate of drug-likeness (QED) is 0.720. The van der Waals surface area contributed by atoms with Crippen molar-refractivity contribution in [1.29, 1.82) is 0 Å². The Bertz CT molecular complexity index is 960. The summed E-state index contributed by atoms with van der Waals surface area (Å²) in [6.45, 7) is 7.58. The fourth-order valence-corrected chi connectivity index (χ4v) is 3.71. The van der Waals surface area contributed by atoms with E-state index in [2.05, 4.69) is 66.8 Å².